The molecule has 0 amide bonds. The Bertz CT molecular complexity index is 836. The molecule has 4 aromatic rings. The molecule has 0 aliphatic rings. The molecule has 0 N–H and O–H groups in total. The third-order valence-corrected chi connectivity index (χ3v) is 11.8. The van der Waals surface area contributed by atoms with Gasteiger partial charge in [-0.05, 0) is 43.5 Å². The number of hydrogen-bond acceptors (Lipinski definition) is 0. The molecule has 0 saturated carbocycles. The summed E-state index contributed by atoms with van der Waals surface area (Å²) >= 11 is 3.35. The van der Waals surface area contributed by atoms with E-state index in [1.165, 1.54) is 21.2 Å². The van der Waals surface area contributed by atoms with Gasteiger partial charge >= 0.3 is 24.8 Å². The first kappa shape index (κ1) is 24.2. The summed E-state index contributed by atoms with van der Waals surface area (Å²) < 4.78 is 0. The number of hydrogen-bond donors (Lipinski definition) is 0. The minimum absolute atomic E-state index is 0.472. The van der Waals surface area contributed by atoms with Crippen LogP contribution >= 0.6 is 26.0 Å². The second-order valence-electron chi connectivity index (χ2n) is 6.97. The van der Waals surface area contributed by atoms with Crippen molar-refractivity contribution in [2.75, 3.05) is 0 Å². The zero-order valence-electron chi connectivity index (χ0n) is 17.4. The van der Waals surface area contributed by atoms with E-state index in [2.05, 4.69) is 153 Å². The fourth-order valence-corrected chi connectivity index (χ4v) is 11.0. The fourth-order valence-electron chi connectivity index (χ4n) is 3.82. The first-order valence-electron chi connectivity index (χ1n) is 10.3. The second-order valence-corrected chi connectivity index (χ2v) is 12.2. The molecule has 0 nitrogen and oxygen atoms in total. The first-order chi connectivity index (χ1) is 15.4. The van der Waals surface area contributed by atoms with E-state index in [4.69, 9.17) is 0 Å². The van der Waals surface area contributed by atoms with Crippen LogP contribution in [0.2, 0.25) is 0 Å². The molecule has 0 bridgehead atoms. The van der Waals surface area contributed by atoms with Crippen molar-refractivity contribution >= 4 is 47.3 Å². The molecule has 0 aliphatic carbocycles. The molecular formula is C27H26ClNiP2. The summed E-state index contributed by atoms with van der Waals surface area (Å²) in [6.45, 7) is 2.37. The molecule has 4 heteroatoms. The fraction of sp³-hybridized carbons (Fsp3) is 0.111. The molecule has 0 fully saturated rings. The van der Waals surface area contributed by atoms with Crippen molar-refractivity contribution < 1.29 is 14.6 Å². The Morgan fingerprint density at radius 3 is 0.935 bits per heavy atom. The summed E-state index contributed by atoms with van der Waals surface area (Å²) in [5, 5.41) is 6.47. The van der Waals surface area contributed by atoms with Crippen molar-refractivity contribution in [3.63, 3.8) is 0 Å². The van der Waals surface area contributed by atoms with Gasteiger partial charge in [-0.1, -0.05) is 128 Å². The summed E-state index contributed by atoms with van der Waals surface area (Å²) in [6.07, 6.45) is 1.16. The molecule has 0 aliphatic heterocycles. The van der Waals surface area contributed by atoms with E-state index in [1.54, 1.807) is 0 Å². The third kappa shape index (κ3) is 6.28. The summed E-state index contributed by atoms with van der Waals surface area (Å²) in [7, 11) is 3.32. The van der Waals surface area contributed by atoms with Gasteiger partial charge < -0.3 is 0 Å². The molecule has 0 atom stereocenters. The second kappa shape index (κ2) is 13.2. The van der Waals surface area contributed by atoms with E-state index >= 15 is 0 Å². The Morgan fingerprint density at radius 1 is 0.516 bits per heavy atom. The Labute approximate surface area is 201 Å². The van der Waals surface area contributed by atoms with Crippen LogP contribution in [0.15, 0.2) is 121 Å². The Kier molecular flexibility index (Phi) is 10.3. The van der Waals surface area contributed by atoms with Crippen molar-refractivity contribution in [3.8, 4) is 0 Å². The van der Waals surface area contributed by atoms with Crippen molar-refractivity contribution in [3.05, 3.63) is 121 Å². The van der Waals surface area contributed by atoms with E-state index in [-0.39, 0.29) is 0 Å². The van der Waals surface area contributed by atoms with Gasteiger partial charge in [-0.3, -0.25) is 0 Å². The van der Waals surface area contributed by atoms with E-state index in [9.17, 15) is 0 Å². The average Bonchev–Trinajstić information content (AvgIpc) is 2.87. The van der Waals surface area contributed by atoms with E-state index < -0.39 is 15.8 Å². The van der Waals surface area contributed by atoms with Gasteiger partial charge in [-0.25, -0.2) is 0 Å². The van der Waals surface area contributed by atoms with Gasteiger partial charge in [0.05, 0.1) is 0 Å². The summed E-state index contributed by atoms with van der Waals surface area (Å²) in [6, 6.07) is 44.6. The van der Waals surface area contributed by atoms with Crippen molar-refractivity contribution in [1.29, 1.82) is 0 Å². The van der Waals surface area contributed by atoms with Crippen LogP contribution in [-0.4, -0.2) is 5.40 Å². The molecule has 0 radical (unpaired) electrons. The predicted octanol–water partition coefficient (Wildman–Crippen LogP) is 6.68. The molecule has 0 saturated heterocycles. The molecule has 0 aromatic heterocycles. The quantitative estimate of drug-likeness (QED) is 0.194. The van der Waals surface area contributed by atoms with Gasteiger partial charge in [-0.2, -0.15) is 0 Å². The Hall–Kier alpha value is -1.48. The summed E-state index contributed by atoms with van der Waals surface area (Å²) in [5.41, 5.74) is 0. The molecule has 161 valence electrons. The number of halogens is 1. The Morgan fingerprint density at radius 2 is 0.742 bits per heavy atom. The van der Waals surface area contributed by atoms with Gasteiger partial charge in [-0.15, -0.1) is 0 Å². The first-order valence-corrected chi connectivity index (χ1v) is 14.5. The van der Waals surface area contributed by atoms with Crippen LogP contribution in [0.1, 0.15) is 13.3 Å². The maximum absolute atomic E-state index is 4.26. The third-order valence-electron chi connectivity index (χ3n) is 5.10. The van der Waals surface area contributed by atoms with Gasteiger partial charge in [0.25, 0.3) is 0 Å². The van der Waals surface area contributed by atoms with Crippen LogP contribution in [-0.2, 0) is 14.6 Å². The van der Waals surface area contributed by atoms with Gasteiger partial charge in [0.2, 0.25) is 0 Å². The van der Waals surface area contributed by atoms with Crippen LogP contribution in [0.25, 0.3) is 0 Å². The molecule has 0 heterocycles. The predicted molar refractivity (Wildman–Crippen MR) is 138 cm³/mol. The zero-order chi connectivity index (χ0) is 21.9. The molecule has 4 rings (SSSR count). The van der Waals surface area contributed by atoms with Crippen molar-refractivity contribution in [2.45, 2.75) is 18.7 Å². The van der Waals surface area contributed by atoms with Crippen molar-refractivity contribution in [1.82, 2.24) is 0 Å². The van der Waals surface area contributed by atoms with Crippen molar-refractivity contribution in [2.24, 2.45) is 0 Å². The molecule has 31 heavy (non-hydrogen) atoms. The SMILES string of the molecule is CCC(P(c1ccccc1)c1ccccc1)P(c1ccccc1)c1ccccc1.[Cl][Ni]. The standard InChI is InChI=1S/C27H26P2.ClH.Ni/c1-2-27(28(23-15-7-3-8-16-23)24-17-9-4-10-18-24)29(25-19-11-5-12-20-25)26-21-13-6-14-22-26;;/h3-22,27H,2H2,1H3;1H;/q;;+1/p-1. The molecule has 4 aromatic carbocycles. The van der Waals surface area contributed by atoms with Crippen LogP contribution in [0.5, 0.6) is 0 Å². The minimum atomic E-state index is -0.472. The maximum atomic E-state index is 4.26. The monoisotopic (exact) mass is 505 g/mol. The van der Waals surface area contributed by atoms with E-state index in [0.29, 0.717) is 5.40 Å². The number of rotatable bonds is 7. The van der Waals surface area contributed by atoms with E-state index in [1.807, 2.05) is 0 Å². The average molecular weight is 507 g/mol. The molecule has 0 unspecified atom stereocenters. The molecular weight excluding hydrogens is 480 g/mol. The topological polar surface area (TPSA) is 0 Å². The normalized spacial score (nSPS) is 10.8. The van der Waals surface area contributed by atoms with Crippen LogP contribution in [0, 0.1) is 0 Å². The summed E-state index contributed by atoms with van der Waals surface area (Å²) in [5.74, 6) is 0. The van der Waals surface area contributed by atoms with Crippen LogP contribution in [0.4, 0.5) is 0 Å². The van der Waals surface area contributed by atoms with Crippen LogP contribution in [0.3, 0.4) is 0 Å². The summed E-state index contributed by atoms with van der Waals surface area (Å²) in [4.78, 5) is 0. The number of benzene rings is 4. The van der Waals surface area contributed by atoms with Gasteiger partial charge in [0, 0.05) is 5.40 Å². The zero-order valence-corrected chi connectivity index (χ0v) is 21.0. The van der Waals surface area contributed by atoms with Gasteiger partial charge in [0.1, 0.15) is 0 Å². The van der Waals surface area contributed by atoms with E-state index in [0.717, 1.165) is 6.42 Å². The van der Waals surface area contributed by atoms with Crippen LogP contribution < -0.4 is 21.2 Å². The molecule has 0 spiro atoms. The Balaban J connectivity index is 0.00000132. The van der Waals surface area contributed by atoms with Gasteiger partial charge in [0.15, 0.2) is 0 Å².